The van der Waals surface area contributed by atoms with Gasteiger partial charge in [0.1, 0.15) is 0 Å². The Morgan fingerprint density at radius 3 is 2.80 bits per heavy atom. The summed E-state index contributed by atoms with van der Waals surface area (Å²) in [5.74, 6) is 0.728. The highest BCUT2D eigenvalue weighted by Gasteiger charge is 2.29. The lowest BCUT2D eigenvalue weighted by atomic mass is 9.93. The first-order chi connectivity index (χ1) is 9.83. The third-order valence-electron chi connectivity index (χ3n) is 4.25. The van der Waals surface area contributed by atoms with Crippen LogP contribution in [0.25, 0.3) is 0 Å². The van der Waals surface area contributed by atoms with E-state index in [4.69, 9.17) is 4.74 Å². The lowest BCUT2D eigenvalue weighted by molar-refractivity contribution is -0.121. The molecule has 2 fully saturated rings. The van der Waals surface area contributed by atoms with Gasteiger partial charge in [-0.2, -0.15) is 0 Å². The minimum absolute atomic E-state index is 0.0532. The molecule has 1 amide bonds. The van der Waals surface area contributed by atoms with E-state index in [0.717, 1.165) is 39.0 Å². The normalized spacial score (nSPS) is 27.5. The molecule has 0 saturated carbocycles. The molecule has 3 atom stereocenters. The third-order valence-corrected chi connectivity index (χ3v) is 4.25. The van der Waals surface area contributed by atoms with Crippen LogP contribution in [0.1, 0.15) is 30.9 Å². The molecular weight excluding hydrogens is 252 g/mol. The van der Waals surface area contributed by atoms with E-state index >= 15 is 0 Å². The SMILES string of the molecule is O=C1NCC[C@@H]1N[C@H](C[C@@H]1CCOC1)c1ccccc1. The van der Waals surface area contributed by atoms with Crippen molar-refractivity contribution >= 4 is 5.91 Å². The molecular formula is C16H22N2O2. The number of benzene rings is 1. The van der Waals surface area contributed by atoms with E-state index in [0.29, 0.717) is 5.92 Å². The first-order valence-corrected chi connectivity index (χ1v) is 7.49. The molecule has 2 N–H and O–H groups in total. The smallest absolute Gasteiger partial charge is 0.237 e. The number of ether oxygens (including phenoxy) is 1. The van der Waals surface area contributed by atoms with Crippen LogP contribution in [-0.2, 0) is 9.53 Å². The van der Waals surface area contributed by atoms with Crippen LogP contribution >= 0.6 is 0 Å². The lowest BCUT2D eigenvalue weighted by Crippen LogP contribution is -2.39. The fourth-order valence-corrected chi connectivity index (χ4v) is 3.08. The predicted octanol–water partition coefficient (Wildman–Crippen LogP) is 1.63. The van der Waals surface area contributed by atoms with E-state index in [1.807, 2.05) is 6.07 Å². The van der Waals surface area contributed by atoms with Crippen molar-refractivity contribution in [1.29, 1.82) is 0 Å². The van der Waals surface area contributed by atoms with Gasteiger partial charge in [0, 0.05) is 25.8 Å². The van der Waals surface area contributed by atoms with Crippen molar-refractivity contribution in [2.45, 2.75) is 31.3 Å². The molecule has 4 heteroatoms. The molecule has 0 unspecified atom stereocenters. The number of carbonyl (C=O) groups is 1. The molecule has 0 bridgehead atoms. The van der Waals surface area contributed by atoms with Crippen LogP contribution in [0.15, 0.2) is 30.3 Å². The highest BCUT2D eigenvalue weighted by molar-refractivity contribution is 5.83. The van der Waals surface area contributed by atoms with Crippen molar-refractivity contribution < 1.29 is 9.53 Å². The second-order valence-corrected chi connectivity index (χ2v) is 5.73. The number of amides is 1. The molecule has 20 heavy (non-hydrogen) atoms. The van der Waals surface area contributed by atoms with E-state index in [2.05, 4.69) is 34.9 Å². The van der Waals surface area contributed by atoms with Gasteiger partial charge in [-0.1, -0.05) is 30.3 Å². The highest BCUT2D eigenvalue weighted by atomic mass is 16.5. The lowest BCUT2D eigenvalue weighted by Gasteiger charge is -2.24. The zero-order valence-electron chi connectivity index (χ0n) is 11.7. The van der Waals surface area contributed by atoms with Gasteiger partial charge in [-0.25, -0.2) is 0 Å². The van der Waals surface area contributed by atoms with Gasteiger partial charge in [0.25, 0.3) is 0 Å². The van der Waals surface area contributed by atoms with Gasteiger partial charge in [0.05, 0.1) is 6.04 Å². The van der Waals surface area contributed by atoms with Gasteiger partial charge in [0.15, 0.2) is 0 Å². The zero-order valence-corrected chi connectivity index (χ0v) is 11.7. The number of hydrogen-bond donors (Lipinski definition) is 2. The molecule has 1 aromatic carbocycles. The van der Waals surface area contributed by atoms with Crippen molar-refractivity contribution in [3.63, 3.8) is 0 Å². The summed E-state index contributed by atoms with van der Waals surface area (Å²) in [7, 11) is 0. The predicted molar refractivity (Wildman–Crippen MR) is 77.3 cm³/mol. The maximum atomic E-state index is 11.8. The summed E-state index contributed by atoms with van der Waals surface area (Å²) >= 11 is 0. The van der Waals surface area contributed by atoms with Crippen molar-refractivity contribution in [2.24, 2.45) is 5.92 Å². The molecule has 2 heterocycles. The molecule has 4 nitrogen and oxygen atoms in total. The fourth-order valence-electron chi connectivity index (χ4n) is 3.08. The van der Waals surface area contributed by atoms with Crippen LogP contribution in [0.5, 0.6) is 0 Å². The van der Waals surface area contributed by atoms with Crippen LogP contribution < -0.4 is 10.6 Å². The molecule has 0 radical (unpaired) electrons. The number of hydrogen-bond acceptors (Lipinski definition) is 3. The first kappa shape index (κ1) is 13.6. The van der Waals surface area contributed by atoms with Gasteiger partial charge in [-0.15, -0.1) is 0 Å². The van der Waals surface area contributed by atoms with Crippen molar-refractivity contribution in [1.82, 2.24) is 10.6 Å². The van der Waals surface area contributed by atoms with Crippen LogP contribution in [0.2, 0.25) is 0 Å². The average Bonchev–Trinajstić information content (AvgIpc) is 3.12. The minimum atomic E-state index is -0.0532. The molecule has 1 aromatic rings. The monoisotopic (exact) mass is 274 g/mol. The van der Waals surface area contributed by atoms with Crippen LogP contribution in [0, 0.1) is 5.92 Å². The van der Waals surface area contributed by atoms with Gasteiger partial charge in [0.2, 0.25) is 5.91 Å². The highest BCUT2D eigenvalue weighted by Crippen LogP contribution is 2.27. The van der Waals surface area contributed by atoms with E-state index < -0.39 is 0 Å². The summed E-state index contributed by atoms with van der Waals surface area (Å²) in [5.41, 5.74) is 1.26. The Morgan fingerprint density at radius 2 is 2.15 bits per heavy atom. The summed E-state index contributed by atoms with van der Waals surface area (Å²) in [5, 5.41) is 6.44. The molecule has 108 valence electrons. The molecule has 0 aliphatic carbocycles. The van der Waals surface area contributed by atoms with Crippen LogP contribution in [0.4, 0.5) is 0 Å². The molecule has 3 rings (SSSR count). The Bertz CT molecular complexity index is 443. The molecule has 0 spiro atoms. The second-order valence-electron chi connectivity index (χ2n) is 5.73. The van der Waals surface area contributed by atoms with Crippen molar-refractivity contribution in [2.75, 3.05) is 19.8 Å². The molecule has 2 aliphatic heterocycles. The Hall–Kier alpha value is -1.39. The fraction of sp³-hybridized carbons (Fsp3) is 0.562. The number of nitrogens with one attached hydrogen (secondary N) is 2. The summed E-state index contributed by atoms with van der Waals surface area (Å²) < 4.78 is 5.48. The van der Waals surface area contributed by atoms with Crippen molar-refractivity contribution in [3.8, 4) is 0 Å². The van der Waals surface area contributed by atoms with Gasteiger partial charge in [-0.3, -0.25) is 10.1 Å². The number of carbonyl (C=O) groups excluding carboxylic acids is 1. The van der Waals surface area contributed by atoms with Crippen molar-refractivity contribution in [3.05, 3.63) is 35.9 Å². The quantitative estimate of drug-likeness (QED) is 0.858. The Labute approximate surface area is 119 Å². The Balaban J connectivity index is 1.70. The second kappa shape index (κ2) is 6.37. The molecule has 0 aromatic heterocycles. The maximum Gasteiger partial charge on any atom is 0.237 e. The molecule has 2 saturated heterocycles. The maximum absolute atomic E-state index is 11.8. The summed E-state index contributed by atoms with van der Waals surface area (Å²) in [6.45, 7) is 2.50. The standard InChI is InChI=1S/C16H22N2O2/c19-16-14(6-8-17-16)18-15(10-12-7-9-20-11-12)13-4-2-1-3-5-13/h1-5,12,14-15,18H,6-11H2,(H,17,19)/t12-,14-,15+/m0/s1. The van der Waals surface area contributed by atoms with E-state index in [1.165, 1.54) is 5.56 Å². The average molecular weight is 274 g/mol. The number of rotatable bonds is 5. The Kier molecular flexibility index (Phi) is 4.33. The van der Waals surface area contributed by atoms with Crippen LogP contribution in [-0.4, -0.2) is 31.7 Å². The van der Waals surface area contributed by atoms with E-state index in [-0.39, 0.29) is 18.0 Å². The van der Waals surface area contributed by atoms with Gasteiger partial charge in [-0.05, 0) is 30.7 Å². The Morgan fingerprint density at radius 1 is 1.30 bits per heavy atom. The minimum Gasteiger partial charge on any atom is -0.381 e. The topological polar surface area (TPSA) is 50.4 Å². The first-order valence-electron chi connectivity index (χ1n) is 7.49. The van der Waals surface area contributed by atoms with E-state index in [1.54, 1.807) is 0 Å². The van der Waals surface area contributed by atoms with Gasteiger partial charge < -0.3 is 10.1 Å². The van der Waals surface area contributed by atoms with Crippen LogP contribution in [0.3, 0.4) is 0 Å². The zero-order chi connectivity index (χ0) is 13.8. The summed E-state index contributed by atoms with van der Waals surface area (Å²) in [4.78, 5) is 11.8. The van der Waals surface area contributed by atoms with E-state index in [9.17, 15) is 4.79 Å². The molecule has 2 aliphatic rings. The summed E-state index contributed by atoms with van der Waals surface area (Å²) in [6.07, 6.45) is 3.04. The van der Waals surface area contributed by atoms with Gasteiger partial charge >= 0.3 is 0 Å². The summed E-state index contributed by atoms with van der Waals surface area (Å²) in [6, 6.07) is 10.6. The third kappa shape index (κ3) is 3.19. The largest absolute Gasteiger partial charge is 0.381 e.